The lowest BCUT2D eigenvalue weighted by molar-refractivity contribution is -0.148. The highest BCUT2D eigenvalue weighted by Crippen LogP contribution is 2.28. The van der Waals surface area contributed by atoms with Gasteiger partial charge < -0.3 is 15.2 Å². The summed E-state index contributed by atoms with van der Waals surface area (Å²) in [4.78, 5) is 22.2. The summed E-state index contributed by atoms with van der Waals surface area (Å²) in [5, 5.41) is 11.3. The van der Waals surface area contributed by atoms with E-state index in [1.807, 2.05) is 0 Å². The SMILES string of the molecule is COC(CNC(=O)CCCC1CCCC1)C(=O)O. The molecule has 5 heteroatoms. The average Bonchev–Trinajstić information content (AvgIpc) is 2.82. The lowest BCUT2D eigenvalue weighted by Crippen LogP contribution is -2.37. The highest BCUT2D eigenvalue weighted by Gasteiger charge is 2.18. The van der Waals surface area contributed by atoms with Crippen LogP contribution in [0.1, 0.15) is 44.9 Å². The third-order valence-electron chi connectivity index (χ3n) is 3.54. The van der Waals surface area contributed by atoms with E-state index in [0.29, 0.717) is 6.42 Å². The number of methoxy groups -OCH3 is 1. The van der Waals surface area contributed by atoms with E-state index >= 15 is 0 Å². The molecule has 0 aromatic rings. The van der Waals surface area contributed by atoms with Gasteiger partial charge in [-0.25, -0.2) is 4.79 Å². The van der Waals surface area contributed by atoms with Gasteiger partial charge >= 0.3 is 5.97 Å². The predicted octanol–water partition coefficient (Wildman–Crippen LogP) is 1.56. The fourth-order valence-electron chi connectivity index (χ4n) is 2.42. The molecule has 1 aliphatic carbocycles. The molecule has 5 nitrogen and oxygen atoms in total. The number of carbonyl (C=O) groups excluding carboxylic acids is 1. The van der Waals surface area contributed by atoms with Crippen molar-refractivity contribution in [3.63, 3.8) is 0 Å². The molecule has 0 radical (unpaired) electrons. The Hall–Kier alpha value is -1.10. The van der Waals surface area contributed by atoms with Crippen molar-refractivity contribution in [3.8, 4) is 0 Å². The quantitative estimate of drug-likeness (QED) is 0.692. The third-order valence-corrected chi connectivity index (χ3v) is 3.54. The lowest BCUT2D eigenvalue weighted by Gasteiger charge is -2.12. The summed E-state index contributed by atoms with van der Waals surface area (Å²) in [6.07, 6.45) is 6.77. The van der Waals surface area contributed by atoms with E-state index in [9.17, 15) is 9.59 Å². The zero-order valence-corrected chi connectivity index (χ0v) is 11.0. The molecule has 104 valence electrons. The van der Waals surface area contributed by atoms with Gasteiger partial charge in [0, 0.05) is 13.5 Å². The monoisotopic (exact) mass is 257 g/mol. The summed E-state index contributed by atoms with van der Waals surface area (Å²) in [6, 6.07) is 0. The molecule has 18 heavy (non-hydrogen) atoms. The fourth-order valence-corrected chi connectivity index (χ4v) is 2.42. The van der Waals surface area contributed by atoms with Crippen LogP contribution in [0.3, 0.4) is 0 Å². The van der Waals surface area contributed by atoms with Crippen LogP contribution in [-0.4, -0.2) is 36.7 Å². The Morgan fingerprint density at radius 3 is 2.61 bits per heavy atom. The van der Waals surface area contributed by atoms with Crippen molar-refractivity contribution in [2.24, 2.45) is 5.92 Å². The summed E-state index contributed by atoms with van der Waals surface area (Å²) in [6.45, 7) is 0.0358. The minimum absolute atomic E-state index is 0.0358. The molecule has 1 atom stereocenters. The lowest BCUT2D eigenvalue weighted by atomic mass is 10.0. The molecule has 1 aliphatic rings. The Bertz CT molecular complexity index is 274. The summed E-state index contributed by atoms with van der Waals surface area (Å²) >= 11 is 0. The molecule has 0 spiro atoms. The van der Waals surface area contributed by atoms with Crippen LogP contribution in [0.5, 0.6) is 0 Å². The Kier molecular flexibility index (Phi) is 6.72. The van der Waals surface area contributed by atoms with E-state index in [4.69, 9.17) is 9.84 Å². The van der Waals surface area contributed by atoms with Gasteiger partial charge in [-0.15, -0.1) is 0 Å². The maximum atomic E-state index is 11.5. The maximum absolute atomic E-state index is 11.5. The molecule has 0 heterocycles. The molecule has 1 rings (SSSR count). The molecular weight excluding hydrogens is 234 g/mol. The summed E-state index contributed by atoms with van der Waals surface area (Å²) < 4.78 is 4.73. The number of carbonyl (C=O) groups is 2. The first kappa shape index (κ1) is 15.0. The number of nitrogens with one attached hydrogen (secondary N) is 1. The standard InChI is InChI=1S/C13H23NO4/c1-18-11(13(16)17)9-14-12(15)8-4-7-10-5-2-3-6-10/h10-11H,2-9H2,1H3,(H,14,15)(H,16,17). The molecule has 0 saturated heterocycles. The van der Waals surface area contributed by atoms with Crippen molar-refractivity contribution >= 4 is 11.9 Å². The average molecular weight is 257 g/mol. The molecule has 0 aromatic heterocycles. The molecule has 0 bridgehead atoms. The van der Waals surface area contributed by atoms with E-state index < -0.39 is 12.1 Å². The van der Waals surface area contributed by atoms with E-state index in [-0.39, 0.29) is 12.5 Å². The molecule has 1 amide bonds. The van der Waals surface area contributed by atoms with Crippen LogP contribution in [0.15, 0.2) is 0 Å². The fraction of sp³-hybridized carbons (Fsp3) is 0.846. The first-order valence-corrected chi connectivity index (χ1v) is 6.65. The minimum Gasteiger partial charge on any atom is -0.479 e. The zero-order chi connectivity index (χ0) is 13.4. The number of hydrogen-bond donors (Lipinski definition) is 2. The second-order valence-electron chi connectivity index (χ2n) is 4.91. The third kappa shape index (κ3) is 5.49. The van der Waals surface area contributed by atoms with Crippen molar-refractivity contribution in [1.82, 2.24) is 5.32 Å². The van der Waals surface area contributed by atoms with E-state index in [1.54, 1.807) is 0 Å². The highest BCUT2D eigenvalue weighted by molar-refractivity contribution is 5.78. The summed E-state index contributed by atoms with van der Waals surface area (Å²) in [5.41, 5.74) is 0. The highest BCUT2D eigenvalue weighted by atomic mass is 16.5. The largest absolute Gasteiger partial charge is 0.479 e. The summed E-state index contributed by atoms with van der Waals surface area (Å²) in [5.74, 6) is -0.344. The molecule has 1 saturated carbocycles. The first-order valence-electron chi connectivity index (χ1n) is 6.65. The molecule has 2 N–H and O–H groups in total. The molecule has 1 fully saturated rings. The van der Waals surface area contributed by atoms with Crippen molar-refractivity contribution in [2.75, 3.05) is 13.7 Å². The van der Waals surface area contributed by atoms with Crippen LogP contribution in [0.25, 0.3) is 0 Å². The Morgan fingerprint density at radius 1 is 1.39 bits per heavy atom. The number of aliphatic carboxylic acids is 1. The van der Waals surface area contributed by atoms with Crippen LogP contribution in [0.2, 0.25) is 0 Å². The number of carboxylic acids is 1. The zero-order valence-electron chi connectivity index (χ0n) is 11.0. The van der Waals surface area contributed by atoms with Crippen molar-refractivity contribution < 1.29 is 19.4 Å². The Balaban J connectivity index is 2.07. The van der Waals surface area contributed by atoms with Gasteiger partial charge in [-0.3, -0.25) is 4.79 Å². The Morgan fingerprint density at radius 2 is 2.06 bits per heavy atom. The van der Waals surface area contributed by atoms with Crippen LogP contribution in [0.4, 0.5) is 0 Å². The second kappa shape index (κ2) is 8.08. The number of ether oxygens (including phenoxy) is 1. The minimum atomic E-state index is -1.05. The van der Waals surface area contributed by atoms with Gasteiger partial charge in [-0.2, -0.15) is 0 Å². The van der Waals surface area contributed by atoms with Gasteiger partial charge in [0.1, 0.15) is 0 Å². The molecular formula is C13H23NO4. The van der Waals surface area contributed by atoms with E-state index in [0.717, 1.165) is 18.8 Å². The van der Waals surface area contributed by atoms with E-state index in [1.165, 1.54) is 32.8 Å². The summed E-state index contributed by atoms with van der Waals surface area (Å²) in [7, 11) is 1.32. The second-order valence-corrected chi connectivity index (χ2v) is 4.91. The van der Waals surface area contributed by atoms with Crippen molar-refractivity contribution in [3.05, 3.63) is 0 Å². The first-order chi connectivity index (χ1) is 8.63. The van der Waals surface area contributed by atoms with E-state index in [2.05, 4.69) is 5.32 Å². The Labute approximate surface area is 108 Å². The number of hydrogen-bond acceptors (Lipinski definition) is 3. The molecule has 1 unspecified atom stereocenters. The van der Waals surface area contributed by atoms with Crippen molar-refractivity contribution in [1.29, 1.82) is 0 Å². The van der Waals surface area contributed by atoms with Gasteiger partial charge in [0.2, 0.25) is 5.91 Å². The van der Waals surface area contributed by atoms with Gasteiger partial charge in [-0.1, -0.05) is 25.7 Å². The van der Waals surface area contributed by atoms with Crippen LogP contribution < -0.4 is 5.32 Å². The topological polar surface area (TPSA) is 75.6 Å². The van der Waals surface area contributed by atoms with Crippen LogP contribution >= 0.6 is 0 Å². The maximum Gasteiger partial charge on any atom is 0.334 e. The van der Waals surface area contributed by atoms with Crippen LogP contribution in [0, 0.1) is 5.92 Å². The number of amides is 1. The predicted molar refractivity (Wildman–Crippen MR) is 67.3 cm³/mol. The van der Waals surface area contributed by atoms with Gasteiger partial charge in [0.05, 0.1) is 6.54 Å². The van der Waals surface area contributed by atoms with Crippen molar-refractivity contribution in [2.45, 2.75) is 51.0 Å². The number of carboxylic acid groups (broad SMARTS) is 1. The number of rotatable bonds is 8. The molecule has 0 aromatic carbocycles. The van der Waals surface area contributed by atoms with Gasteiger partial charge in [0.15, 0.2) is 6.10 Å². The smallest absolute Gasteiger partial charge is 0.334 e. The molecule has 0 aliphatic heterocycles. The van der Waals surface area contributed by atoms with Gasteiger partial charge in [0.25, 0.3) is 0 Å². The van der Waals surface area contributed by atoms with Crippen LogP contribution in [-0.2, 0) is 14.3 Å². The normalized spacial score (nSPS) is 17.6. The van der Waals surface area contributed by atoms with Gasteiger partial charge in [-0.05, 0) is 18.8 Å².